The molecule has 21 heavy (non-hydrogen) atoms. The predicted octanol–water partition coefficient (Wildman–Crippen LogP) is 4.70. The number of hydrogen-bond donors (Lipinski definition) is 1. The Morgan fingerprint density at radius 1 is 1.10 bits per heavy atom. The van der Waals surface area contributed by atoms with E-state index in [0.29, 0.717) is 12.3 Å². The average molecular weight is 295 g/mol. The molecule has 3 heteroatoms. The molecule has 118 valence electrons. The van der Waals surface area contributed by atoms with Crippen LogP contribution in [-0.2, 0) is 6.42 Å². The van der Waals surface area contributed by atoms with Gasteiger partial charge in [-0.1, -0.05) is 39.2 Å². The average Bonchev–Trinajstić information content (AvgIpc) is 2.44. The SMILES string of the molecule is CC(C)CNCC1(Cc2c(F)cccc2F)CCCCC1. The summed E-state index contributed by atoms with van der Waals surface area (Å²) in [5.74, 6) is -0.205. The maximum Gasteiger partial charge on any atom is 0.129 e. The lowest BCUT2D eigenvalue weighted by molar-refractivity contribution is 0.175. The van der Waals surface area contributed by atoms with Crippen LogP contribution in [0.2, 0.25) is 0 Å². The van der Waals surface area contributed by atoms with Crippen LogP contribution in [0.5, 0.6) is 0 Å². The van der Waals surface area contributed by atoms with Crippen molar-refractivity contribution >= 4 is 0 Å². The first kappa shape index (κ1) is 16.4. The minimum Gasteiger partial charge on any atom is -0.316 e. The van der Waals surface area contributed by atoms with Gasteiger partial charge in [-0.15, -0.1) is 0 Å². The van der Waals surface area contributed by atoms with E-state index in [2.05, 4.69) is 19.2 Å². The minimum absolute atomic E-state index is 0.0101. The van der Waals surface area contributed by atoms with E-state index >= 15 is 0 Å². The Labute approximate surface area is 127 Å². The molecule has 0 amide bonds. The largest absolute Gasteiger partial charge is 0.316 e. The molecule has 0 saturated heterocycles. The molecule has 1 aromatic carbocycles. The molecule has 0 radical (unpaired) electrons. The van der Waals surface area contributed by atoms with Crippen molar-refractivity contribution in [3.63, 3.8) is 0 Å². The fraction of sp³-hybridized carbons (Fsp3) is 0.667. The molecule has 0 aliphatic heterocycles. The molecule has 0 unspecified atom stereocenters. The zero-order valence-electron chi connectivity index (χ0n) is 13.2. The molecule has 1 fully saturated rings. The highest BCUT2D eigenvalue weighted by atomic mass is 19.1. The topological polar surface area (TPSA) is 12.0 Å². The van der Waals surface area contributed by atoms with Gasteiger partial charge < -0.3 is 5.32 Å². The van der Waals surface area contributed by atoms with Gasteiger partial charge in [0.15, 0.2) is 0 Å². The van der Waals surface area contributed by atoms with Gasteiger partial charge in [0.25, 0.3) is 0 Å². The first-order valence-electron chi connectivity index (χ1n) is 8.16. The number of hydrogen-bond acceptors (Lipinski definition) is 1. The molecule has 1 aromatic rings. The maximum atomic E-state index is 14.0. The minimum atomic E-state index is -0.399. The summed E-state index contributed by atoms with van der Waals surface area (Å²) in [6.45, 7) is 6.18. The van der Waals surface area contributed by atoms with Crippen molar-refractivity contribution in [2.24, 2.45) is 11.3 Å². The van der Waals surface area contributed by atoms with E-state index in [9.17, 15) is 8.78 Å². The summed E-state index contributed by atoms with van der Waals surface area (Å²) in [4.78, 5) is 0. The van der Waals surface area contributed by atoms with Crippen LogP contribution >= 0.6 is 0 Å². The third-order valence-electron chi connectivity index (χ3n) is 4.58. The van der Waals surface area contributed by atoms with Gasteiger partial charge in [0.05, 0.1) is 0 Å². The summed E-state index contributed by atoms with van der Waals surface area (Å²) in [5.41, 5.74) is 0.279. The smallest absolute Gasteiger partial charge is 0.129 e. The number of halogens is 2. The molecule has 1 aliphatic carbocycles. The Morgan fingerprint density at radius 2 is 1.71 bits per heavy atom. The first-order chi connectivity index (χ1) is 10.0. The summed E-state index contributed by atoms with van der Waals surface area (Å²) in [7, 11) is 0. The highest BCUT2D eigenvalue weighted by Gasteiger charge is 2.33. The predicted molar refractivity (Wildman–Crippen MR) is 83.3 cm³/mol. The highest BCUT2D eigenvalue weighted by molar-refractivity contribution is 5.21. The molecule has 0 heterocycles. The second kappa shape index (κ2) is 7.35. The zero-order chi connectivity index (χ0) is 15.3. The Hall–Kier alpha value is -0.960. The second-order valence-electron chi connectivity index (χ2n) is 6.96. The van der Waals surface area contributed by atoms with E-state index in [0.717, 1.165) is 25.9 Å². The van der Waals surface area contributed by atoms with E-state index in [1.165, 1.54) is 37.5 Å². The van der Waals surface area contributed by atoms with E-state index in [4.69, 9.17) is 0 Å². The monoisotopic (exact) mass is 295 g/mol. The third-order valence-corrected chi connectivity index (χ3v) is 4.58. The molecular formula is C18H27F2N. The molecular weight excluding hydrogens is 268 g/mol. The lowest BCUT2D eigenvalue weighted by atomic mass is 9.70. The van der Waals surface area contributed by atoms with Crippen LogP contribution in [0.15, 0.2) is 18.2 Å². The van der Waals surface area contributed by atoms with Crippen molar-refractivity contribution in [3.8, 4) is 0 Å². The lowest BCUT2D eigenvalue weighted by Gasteiger charge is -2.38. The third kappa shape index (κ3) is 4.50. The van der Waals surface area contributed by atoms with Gasteiger partial charge in [-0.2, -0.15) is 0 Å². The highest BCUT2D eigenvalue weighted by Crippen LogP contribution is 2.39. The van der Waals surface area contributed by atoms with Gasteiger partial charge in [0.1, 0.15) is 11.6 Å². The summed E-state index contributed by atoms with van der Waals surface area (Å²) < 4.78 is 27.9. The number of rotatable bonds is 6. The van der Waals surface area contributed by atoms with Crippen LogP contribution in [0.1, 0.15) is 51.5 Å². The second-order valence-corrected chi connectivity index (χ2v) is 6.96. The van der Waals surface area contributed by atoms with Crippen LogP contribution in [0.4, 0.5) is 8.78 Å². The molecule has 0 bridgehead atoms. The summed E-state index contributed by atoms with van der Waals surface area (Å²) >= 11 is 0. The van der Waals surface area contributed by atoms with Gasteiger partial charge >= 0.3 is 0 Å². The lowest BCUT2D eigenvalue weighted by Crippen LogP contribution is -2.39. The summed E-state index contributed by atoms with van der Waals surface area (Å²) in [6.07, 6.45) is 6.21. The molecule has 1 saturated carbocycles. The zero-order valence-corrected chi connectivity index (χ0v) is 13.2. The van der Waals surface area contributed by atoms with Crippen molar-refractivity contribution in [3.05, 3.63) is 35.4 Å². The Kier molecular flexibility index (Phi) is 5.74. The van der Waals surface area contributed by atoms with Gasteiger partial charge in [-0.3, -0.25) is 0 Å². The molecule has 1 nitrogen and oxygen atoms in total. The van der Waals surface area contributed by atoms with Crippen LogP contribution < -0.4 is 5.32 Å². The van der Waals surface area contributed by atoms with Crippen molar-refractivity contribution in [2.75, 3.05) is 13.1 Å². The first-order valence-corrected chi connectivity index (χ1v) is 8.16. The fourth-order valence-electron chi connectivity index (χ4n) is 3.42. The van der Waals surface area contributed by atoms with E-state index < -0.39 is 11.6 Å². The van der Waals surface area contributed by atoms with Crippen molar-refractivity contribution in [2.45, 2.75) is 52.4 Å². The standard InChI is InChI=1S/C18H27F2N/c1-14(2)12-21-13-18(9-4-3-5-10-18)11-15-16(19)7-6-8-17(15)20/h6-8,14,21H,3-5,9-13H2,1-2H3. The van der Waals surface area contributed by atoms with Crippen molar-refractivity contribution in [1.29, 1.82) is 0 Å². The van der Waals surface area contributed by atoms with Crippen LogP contribution in [0, 0.1) is 23.0 Å². The summed E-state index contributed by atoms with van der Waals surface area (Å²) in [6, 6.07) is 4.19. The van der Waals surface area contributed by atoms with Crippen LogP contribution in [-0.4, -0.2) is 13.1 Å². The molecule has 0 atom stereocenters. The summed E-state index contributed by atoms with van der Waals surface area (Å²) in [5, 5.41) is 3.51. The Balaban J connectivity index is 2.12. The Morgan fingerprint density at radius 3 is 2.29 bits per heavy atom. The number of nitrogens with one attached hydrogen (secondary N) is 1. The maximum absolute atomic E-state index is 14.0. The van der Waals surface area contributed by atoms with Gasteiger partial charge in [-0.05, 0) is 49.3 Å². The van der Waals surface area contributed by atoms with Crippen LogP contribution in [0.3, 0.4) is 0 Å². The van der Waals surface area contributed by atoms with E-state index in [1.54, 1.807) is 0 Å². The normalized spacial score (nSPS) is 18.1. The van der Waals surface area contributed by atoms with Gasteiger partial charge in [-0.25, -0.2) is 8.78 Å². The van der Waals surface area contributed by atoms with Gasteiger partial charge in [0.2, 0.25) is 0 Å². The van der Waals surface area contributed by atoms with Crippen molar-refractivity contribution in [1.82, 2.24) is 5.32 Å². The molecule has 2 rings (SSSR count). The van der Waals surface area contributed by atoms with Gasteiger partial charge in [0, 0.05) is 12.1 Å². The molecule has 1 N–H and O–H groups in total. The van der Waals surface area contributed by atoms with Crippen LogP contribution in [0.25, 0.3) is 0 Å². The quantitative estimate of drug-likeness (QED) is 0.802. The number of benzene rings is 1. The van der Waals surface area contributed by atoms with E-state index in [1.807, 2.05) is 0 Å². The van der Waals surface area contributed by atoms with E-state index in [-0.39, 0.29) is 11.0 Å². The van der Waals surface area contributed by atoms with Crippen molar-refractivity contribution < 1.29 is 8.78 Å². The Bertz CT molecular complexity index is 430. The molecule has 1 aliphatic rings. The molecule has 0 aromatic heterocycles. The fourth-order valence-corrected chi connectivity index (χ4v) is 3.42. The molecule has 0 spiro atoms.